The summed E-state index contributed by atoms with van der Waals surface area (Å²) in [4.78, 5) is 16.7. The van der Waals surface area contributed by atoms with Crippen LogP contribution in [0.4, 0.5) is 5.82 Å². The van der Waals surface area contributed by atoms with Gasteiger partial charge >= 0.3 is 0 Å². The number of likely N-dealkylation sites (N-methyl/N-ethyl adjacent to an activating group) is 1. The van der Waals surface area contributed by atoms with E-state index in [-0.39, 0.29) is 12.0 Å². The highest BCUT2D eigenvalue weighted by atomic mass is 16.5. The van der Waals surface area contributed by atoms with Gasteiger partial charge in [0.25, 0.3) is 0 Å². The Morgan fingerprint density at radius 2 is 2.11 bits per heavy atom. The van der Waals surface area contributed by atoms with Gasteiger partial charge in [-0.05, 0) is 32.0 Å². The molecule has 9 nitrogen and oxygen atoms in total. The van der Waals surface area contributed by atoms with Gasteiger partial charge in [-0.2, -0.15) is 4.52 Å². The third-order valence-electron chi connectivity index (χ3n) is 5.27. The first-order valence-corrected chi connectivity index (χ1v) is 9.72. The minimum absolute atomic E-state index is 0.0115. The maximum atomic E-state index is 12.1. The van der Waals surface area contributed by atoms with E-state index in [0.717, 1.165) is 51.4 Å². The Morgan fingerprint density at radius 1 is 1.26 bits per heavy atom. The van der Waals surface area contributed by atoms with E-state index in [1.807, 2.05) is 12.1 Å². The molecule has 1 N–H and O–H groups in total. The first-order valence-electron chi connectivity index (χ1n) is 9.72. The number of anilines is 1. The molecule has 1 unspecified atom stereocenters. The molecule has 0 saturated carbocycles. The Morgan fingerprint density at radius 3 is 2.89 bits per heavy atom. The van der Waals surface area contributed by atoms with Crippen molar-refractivity contribution in [2.75, 3.05) is 51.3 Å². The van der Waals surface area contributed by atoms with Crippen LogP contribution in [0.25, 0.3) is 5.65 Å². The molecule has 9 heteroatoms. The van der Waals surface area contributed by atoms with E-state index in [2.05, 4.69) is 32.4 Å². The number of amides is 1. The number of carbonyl (C=O) groups excluding carboxylic acids is 1. The van der Waals surface area contributed by atoms with Crippen molar-refractivity contribution in [1.82, 2.24) is 30.0 Å². The Kier molecular flexibility index (Phi) is 5.49. The molecule has 146 valence electrons. The van der Waals surface area contributed by atoms with Gasteiger partial charge in [-0.15, -0.1) is 15.3 Å². The summed E-state index contributed by atoms with van der Waals surface area (Å²) >= 11 is 0. The van der Waals surface area contributed by atoms with Gasteiger partial charge in [-0.3, -0.25) is 4.79 Å². The van der Waals surface area contributed by atoms with Crippen LogP contribution in [-0.4, -0.2) is 83.1 Å². The fourth-order valence-electron chi connectivity index (χ4n) is 3.53. The molecular formula is C18H27N7O2. The number of ether oxygens (including phenoxy) is 1. The Bertz CT molecular complexity index is 779. The zero-order chi connectivity index (χ0) is 18.6. The number of carbonyl (C=O) groups is 1. The first kappa shape index (κ1) is 18.1. The number of aryl methyl sites for hydroxylation is 1. The summed E-state index contributed by atoms with van der Waals surface area (Å²) in [7, 11) is 2.13. The number of hydrogen-bond donors (Lipinski definition) is 1. The van der Waals surface area contributed by atoms with E-state index in [0.29, 0.717) is 30.9 Å². The maximum Gasteiger partial charge on any atom is 0.220 e. The molecule has 4 rings (SSSR count). The van der Waals surface area contributed by atoms with Gasteiger partial charge in [-0.1, -0.05) is 0 Å². The second-order valence-electron chi connectivity index (χ2n) is 7.31. The molecule has 0 radical (unpaired) electrons. The van der Waals surface area contributed by atoms with Crippen LogP contribution in [0.2, 0.25) is 0 Å². The van der Waals surface area contributed by atoms with E-state index in [4.69, 9.17) is 9.84 Å². The summed E-state index contributed by atoms with van der Waals surface area (Å²) in [6, 6.07) is 3.93. The molecule has 2 saturated heterocycles. The van der Waals surface area contributed by atoms with Crippen molar-refractivity contribution in [3.05, 3.63) is 18.0 Å². The van der Waals surface area contributed by atoms with E-state index in [1.165, 1.54) is 0 Å². The normalized spacial score (nSPS) is 21.1. The van der Waals surface area contributed by atoms with Gasteiger partial charge in [0.15, 0.2) is 11.5 Å². The number of aromatic nitrogens is 4. The lowest BCUT2D eigenvalue weighted by Crippen LogP contribution is -2.45. The zero-order valence-corrected chi connectivity index (χ0v) is 15.8. The van der Waals surface area contributed by atoms with Gasteiger partial charge in [0.1, 0.15) is 5.82 Å². The molecule has 0 aliphatic carbocycles. The van der Waals surface area contributed by atoms with Crippen LogP contribution >= 0.6 is 0 Å². The van der Waals surface area contributed by atoms with Gasteiger partial charge in [0.05, 0.1) is 6.10 Å². The molecule has 2 fully saturated rings. The molecule has 0 bridgehead atoms. The summed E-state index contributed by atoms with van der Waals surface area (Å²) in [5.74, 6) is 1.66. The summed E-state index contributed by atoms with van der Waals surface area (Å²) < 4.78 is 7.29. The van der Waals surface area contributed by atoms with Gasteiger partial charge < -0.3 is 19.9 Å². The van der Waals surface area contributed by atoms with Crippen molar-refractivity contribution < 1.29 is 9.53 Å². The fourth-order valence-corrected chi connectivity index (χ4v) is 3.53. The summed E-state index contributed by atoms with van der Waals surface area (Å²) in [5, 5.41) is 16.1. The largest absolute Gasteiger partial charge is 0.376 e. The molecule has 0 spiro atoms. The van der Waals surface area contributed by atoms with E-state index in [9.17, 15) is 4.79 Å². The number of fused-ring (bicyclic) bond motifs is 1. The third kappa shape index (κ3) is 4.36. The molecule has 2 aromatic rings. The zero-order valence-electron chi connectivity index (χ0n) is 15.8. The Labute approximate surface area is 158 Å². The van der Waals surface area contributed by atoms with Crippen LogP contribution in [0.15, 0.2) is 12.1 Å². The van der Waals surface area contributed by atoms with Crippen LogP contribution in [0, 0.1) is 0 Å². The lowest BCUT2D eigenvalue weighted by atomic mass is 10.2. The van der Waals surface area contributed by atoms with Gasteiger partial charge in [-0.25, -0.2) is 0 Å². The number of nitrogens with one attached hydrogen (secondary N) is 1. The van der Waals surface area contributed by atoms with Crippen molar-refractivity contribution in [1.29, 1.82) is 0 Å². The van der Waals surface area contributed by atoms with Crippen LogP contribution in [0.1, 0.15) is 25.1 Å². The third-order valence-corrected chi connectivity index (χ3v) is 5.27. The van der Waals surface area contributed by atoms with Crippen LogP contribution < -0.4 is 10.2 Å². The summed E-state index contributed by atoms with van der Waals surface area (Å²) in [6.45, 7) is 5.36. The summed E-state index contributed by atoms with van der Waals surface area (Å²) in [6.07, 6.45) is 3.14. The molecule has 4 heterocycles. The van der Waals surface area contributed by atoms with Gasteiger partial charge in [0.2, 0.25) is 5.91 Å². The SMILES string of the molecule is CN1CCN(c2ccc3nnc(CCC(=O)NCC4CCCO4)n3n2)CC1. The average Bonchev–Trinajstić information content (AvgIpc) is 3.34. The fraction of sp³-hybridized carbons (Fsp3) is 0.667. The van der Waals surface area contributed by atoms with Crippen molar-refractivity contribution >= 4 is 17.4 Å². The highest BCUT2D eigenvalue weighted by molar-refractivity contribution is 5.76. The number of hydrogen-bond acceptors (Lipinski definition) is 7. The lowest BCUT2D eigenvalue weighted by molar-refractivity contribution is -0.121. The van der Waals surface area contributed by atoms with E-state index >= 15 is 0 Å². The maximum absolute atomic E-state index is 12.1. The molecule has 27 heavy (non-hydrogen) atoms. The van der Waals surface area contributed by atoms with E-state index in [1.54, 1.807) is 4.52 Å². The van der Waals surface area contributed by atoms with Crippen molar-refractivity contribution in [2.24, 2.45) is 0 Å². The van der Waals surface area contributed by atoms with Crippen LogP contribution in [0.5, 0.6) is 0 Å². The topological polar surface area (TPSA) is 87.9 Å². The molecule has 1 amide bonds. The predicted octanol–water partition coefficient (Wildman–Crippen LogP) is 0.104. The van der Waals surface area contributed by atoms with Crippen LogP contribution in [0.3, 0.4) is 0 Å². The molecule has 1 atom stereocenters. The Balaban J connectivity index is 1.36. The molecule has 2 aromatic heterocycles. The monoisotopic (exact) mass is 373 g/mol. The highest BCUT2D eigenvalue weighted by Gasteiger charge is 2.18. The quantitative estimate of drug-likeness (QED) is 0.768. The Hall–Kier alpha value is -2.26. The second-order valence-corrected chi connectivity index (χ2v) is 7.31. The predicted molar refractivity (Wildman–Crippen MR) is 101 cm³/mol. The molecule has 2 aliphatic rings. The summed E-state index contributed by atoms with van der Waals surface area (Å²) in [5.41, 5.74) is 0.711. The minimum atomic E-state index is 0.0115. The second kappa shape index (κ2) is 8.18. The highest BCUT2D eigenvalue weighted by Crippen LogP contribution is 2.15. The average molecular weight is 373 g/mol. The number of nitrogens with zero attached hydrogens (tertiary/aromatic N) is 6. The minimum Gasteiger partial charge on any atom is -0.376 e. The van der Waals surface area contributed by atoms with E-state index < -0.39 is 0 Å². The van der Waals surface area contributed by atoms with Crippen molar-refractivity contribution in [2.45, 2.75) is 31.8 Å². The number of rotatable bonds is 6. The molecular weight excluding hydrogens is 346 g/mol. The molecule has 0 aromatic carbocycles. The first-order chi connectivity index (χ1) is 13.2. The lowest BCUT2D eigenvalue weighted by Gasteiger charge is -2.33. The molecule has 2 aliphatic heterocycles. The van der Waals surface area contributed by atoms with Crippen molar-refractivity contribution in [3.63, 3.8) is 0 Å². The van der Waals surface area contributed by atoms with Crippen LogP contribution in [-0.2, 0) is 16.0 Å². The number of piperazine rings is 1. The smallest absolute Gasteiger partial charge is 0.220 e. The standard InChI is InChI=1S/C18H27N7O2/c1-23-8-10-24(11-9-23)17-5-4-15-20-21-16(25(15)22-17)6-7-18(26)19-13-14-3-2-12-27-14/h4-5,14H,2-3,6-13H2,1H3,(H,19,26). The van der Waals surface area contributed by atoms with Gasteiger partial charge in [0, 0.05) is 52.2 Å². The van der Waals surface area contributed by atoms with Crippen molar-refractivity contribution in [3.8, 4) is 0 Å².